The molecule has 4 N–H and O–H groups in total. The SMILES string of the molecule is N[C@H](CO)c1cc(Br)cc(C(F)(F)F)c1O. The van der Waals surface area contributed by atoms with Crippen LogP contribution in [0.25, 0.3) is 0 Å². The second kappa shape index (κ2) is 4.60. The van der Waals surface area contributed by atoms with Crippen LogP contribution < -0.4 is 5.73 Å². The maximum atomic E-state index is 12.5. The first-order valence-corrected chi connectivity index (χ1v) is 5.02. The van der Waals surface area contributed by atoms with Crippen LogP contribution in [0.4, 0.5) is 13.2 Å². The van der Waals surface area contributed by atoms with Gasteiger partial charge < -0.3 is 15.9 Å². The second-order valence-corrected chi connectivity index (χ2v) is 4.09. The van der Waals surface area contributed by atoms with Crippen LogP contribution in [-0.2, 0) is 6.18 Å². The summed E-state index contributed by atoms with van der Waals surface area (Å²) in [7, 11) is 0. The third-order valence-electron chi connectivity index (χ3n) is 2.01. The zero-order valence-electron chi connectivity index (χ0n) is 7.92. The predicted octanol–water partition coefficient (Wildman–Crippen LogP) is 2.17. The topological polar surface area (TPSA) is 66.5 Å². The number of benzene rings is 1. The van der Waals surface area contributed by atoms with E-state index < -0.39 is 30.1 Å². The number of aromatic hydroxyl groups is 1. The van der Waals surface area contributed by atoms with Gasteiger partial charge in [-0.05, 0) is 12.1 Å². The number of aliphatic hydroxyl groups excluding tert-OH is 1. The highest BCUT2D eigenvalue weighted by Gasteiger charge is 2.35. The first-order chi connectivity index (χ1) is 7.27. The van der Waals surface area contributed by atoms with Crippen molar-refractivity contribution in [3.8, 4) is 5.75 Å². The van der Waals surface area contributed by atoms with Crippen molar-refractivity contribution in [3.63, 3.8) is 0 Å². The van der Waals surface area contributed by atoms with Gasteiger partial charge in [-0.25, -0.2) is 0 Å². The van der Waals surface area contributed by atoms with Crippen LogP contribution in [0.5, 0.6) is 5.75 Å². The molecule has 1 atom stereocenters. The lowest BCUT2D eigenvalue weighted by atomic mass is 10.0. The van der Waals surface area contributed by atoms with E-state index in [-0.39, 0.29) is 10.0 Å². The van der Waals surface area contributed by atoms with Gasteiger partial charge in [0.1, 0.15) is 5.75 Å². The normalized spacial score (nSPS) is 13.9. The van der Waals surface area contributed by atoms with Gasteiger partial charge in [-0.1, -0.05) is 15.9 Å². The van der Waals surface area contributed by atoms with E-state index in [4.69, 9.17) is 10.8 Å². The minimum Gasteiger partial charge on any atom is -0.507 e. The third-order valence-corrected chi connectivity index (χ3v) is 2.46. The number of hydrogen-bond donors (Lipinski definition) is 3. The van der Waals surface area contributed by atoms with Gasteiger partial charge in [0.2, 0.25) is 0 Å². The third kappa shape index (κ3) is 2.66. The number of rotatable bonds is 2. The van der Waals surface area contributed by atoms with Crippen LogP contribution >= 0.6 is 15.9 Å². The monoisotopic (exact) mass is 299 g/mol. The summed E-state index contributed by atoms with van der Waals surface area (Å²) in [6.07, 6.45) is -4.67. The molecule has 0 aliphatic rings. The maximum Gasteiger partial charge on any atom is 0.420 e. The van der Waals surface area contributed by atoms with E-state index in [0.29, 0.717) is 0 Å². The molecule has 0 amide bonds. The van der Waals surface area contributed by atoms with Crippen molar-refractivity contribution in [1.82, 2.24) is 0 Å². The molecule has 0 bridgehead atoms. The summed E-state index contributed by atoms with van der Waals surface area (Å²) in [4.78, 5) is 0. The van der Waals surface area contributed by atoms with Gasteiger partial charge in [-0.3, -0.25) is 0 Å². The zero-order chi connectivity index (χ0) is 12.5. The van der Waals surface area contributed by atoms with Gasteiger partial charge in [0.15, 0.2) is 0 Å². The number of phenolic OH excluding ortho intramolecular Hbond substituents is 1. The summed E-state index contributed by atoms with van der Waals surface area (Å²) in [5, 5.41) is 18.2. The summed E-state index contributed by atoms with van der Waals surface area (Å²) in [5.41, 5.74) is 4.05. The van der Waals surface area contributed by atoms with Gasteiger partial charge >= 0.3 is 6.18 Å². The lowest BCUT2D eigenvalue weighted by Crippen LogP contribution is -2.16. The number of aliphatic hydroxyl groups is 1. The van der Waals surface area contributed by atoms with Gasteiger partial charge in [0, 0.05) is 10.0 Å². The van der Waals surface area contributed by atoms with Crippen molar-refractivity contribution in [1.29, 1.82) is 0 Å². The molecule has 7 heteroatoms. The van der Waals surface area contributed by atoms with E-state index in [1.807, 2.05) is 0 Å². The number of alkyl halides is 3. The highest BCUT2D eigenvalue weighted by molar-refractivity contribution is 9.10. The standard InChI is InChI=1S/C9H9BrF3NO2/c10-4-1-5(7(14)3-15)8(16)6(2-4)9(11,12)13/h1-2,7,15-16H,3,14H2/t7-/m1/s1. The van der Waals surface area contributed by atoms with Gasteiger partial charge in [0.05, 0.1) is 18.2 Å². The van der Waals surface area contributed by atoms with E-state index in [9.17, 15) is 18.3 Å². The minimum absolute atomic E-state index is 0.136. The molecule has 0 spiro atoms. The number of halogens is 4. The van der Waals surface area contributed by atoms with E-state index in [1.165, 1.54) is 6.07 Å². The molecule has 1 aromatic carbocycles. The second-order valence-electron chi connectivity index (χ2n) is 3.18. The summed E-state index contributed by atoms with van der Waals surface area (Å²) in [6.45, 7) is -0.554. The van der Waals surface area contributed by atoms with E-state index in [0.717, 1.165) is 6.07 Å². The Hall–Kier alpha value is -0.790. The van der Waals surface area contributed by atoms with Crippen LogP contribution in [0.3, 0.4) is 0 Å². The summed E-state index contributed by atoms with van der Waals surface area (Å²) >= 11 is 2.89. The molecule has 0 saturated carbocycles. The predicted molar refractivity (Wildman–Crippen MR) is 54.8 cm³/mol. The highest BCUT2D eigenvalue weighted by Crippen LogP contribution is 2.40. The average Bonchev–Trinajstić information content (AvgIpc) is 2.18. The Kier molecular flexibility index (Phi) is 3.82. The van der Waals surface area contributed by atoms with Gasteiger partial charge in [-0.15, -0.1) is 0 Å². The van der Waals surface area contributed by atoms with Crippen molar-refractivity contribution in [2.24, 2.45) is 5.73 Å². The molecule has 1 aromatic rings. The fraction of sp³-hybridized carbons (Fsp3) is 0.333. The average molecular weight is 300 g/mol. The molecular weight excluding hydrogens is 291 g/mol. The molecule has 1 rings (SSSR count). The molecule has 0 saturated heterocycles. The van der Waals surface area contributed by atoms with Crippen LogP contribution in [0, 0.1) is 0 Å². The molecule has 0 radical (unpaired) electrons. The van der Waals surface area contributed by atoms with Crippen molar-refractivity contribution >= 4 is 15.9 Å². The molecule has 0 aliphatic carbocycles. The van der Waals surface area contributed by atoms with Crippen LogP contribution in [0.1, 0.15) is 17.2 Å². The van der Waals surface area contributed by atoms with E-state index in [1.54, 1.807) is 0 Å². The Morgan fingerprint density at radius 2 is 1.94 bits per heavy atom. The highest BCUT2D eigenvalue weighted by atomic mass is 79.9. The number of hydrogen-bond acceptors (Lipinski definition) is 3. The fourth-order valence-corrected chi connectivity index (χ4v) is 1.69. The number of phenols is 1. The summed E-state index contributed by atoms with van der Waals surface area (Å²) < 4.78 is 37.6. The Bertz CT molecular complexity index is 395. The molecule has 0 unspecified atom stereocenters. The van der Waals surface area contributed by atoms with Crippen LogP contribution in [0.15, 0.2) is 16.6 Å². The molecule has 0 aliphatic heterocycles. The largest absolute Gasteiger partial charge is 0.507 e. The Balaban J connectivity index is 3.38. The molecule has 90 valence electrons. The fourth-order valence-electron chi connectivity index (χ4n) is 1.22. The van der Waals surface area contributed by atoms with E-state index in [2.05, 4.69) is 15.9 Å². The minimum atomic E-state index is -4.67. The van der Waals surface area contributed by atoms with Crippen LogP contribution in [-0.4, -0.2) is 16.8 Å². The lowest BCUT2D eigenvalue weighted by molar-refractivity contribution is -0.138. The van der Waals surface area contributed by atoms with E-state index >= 15 is 0 Å². The molecular formula is C9H9BrF3NO2. The van der Waals surface area contributed by atoms with Crippen molar-refractivity contribution in [2.75, 3.05) is 6.61 Å². The zero-order valence-corrected chi connectivity index (χ0v) is 9.51. The Labute approximate surface area is 97.8 Å². The molecule has 0 fully saturated rings. The smallest absolute Gasteiger partial charge is 0.420 e. The lowest BCUT2D eigenvalue weighted by Gasteiger charge is -2.16. The van der Waals surface area contributed by atoms with Crippen LogP contribution in [0.2, 0.25) is 0 Å². The Morgan fingerprint density at radius 1 is 1.38 bits per heavy atom. The maximum absolute atomic E-state index is 12.5. The van der Waals surface area contributed by atoms with Crippen molar-refractivity contribution < 1.29 is 23.4 Å². The van der Waals surface area contributed by atoms with Crippen molar-refractivity contribution in [3.05, 3.63) is 27.7 Å². The van der Waals surface area contributed by atoms with Gasteiger partial charge in [-0.2, -0.15) is 13.2 Å². The molecule has 3 nitrogen and oxygen atoms in total. The number of nitrogens with two attached hydrogens (primary N) is 1. The summed E-state index contributed by atoms with van der Waals surface area (Å²) in [6, 6.07) is 0.938. The molecule has 0 heterocycles. The quantitative estimate of drug-likeness (QED) is 0.784. The molecule has 0 aromatic heterocycles. The molecule has 16 heavy (non-hydrogen) atoms. The Morgan fingerprint density at radius 3 is 2.38 bits per heavy atom. The summed E-state index contributed by atoms with van der Waals surface area (Å²) in [5.74, 6) is -0.947. The first-order valence-electron chi connectivity index (χ1n) is 4.23. The van der Waals surface area contributed by atoms with Gasteiger partial charge in [0.25, 0.3) is 0 Å². The van der Waals surface area contributed by atoms with Crippen molar-refractivity contribution in [2.45, 2.75) is 12.2 Å². The first kappa shape index (κ1) is 13.3.